The van der Waals surface area contributed by atoms with Gasteiger partial charge in [-0.3, -0.25) is 0 Å². The molecule has 1 rings (SSSR count). The fourth-order valence-corrected chi connectivity index (χ4v) is 0.980. The highest BCUT2D eigenvalue weighted by atomic mass is 19.4. The largest absolute Gasteiger partial charge is 0.481 e. The predicted molar refractivity (Wildman–Crippen MR) is 50.0 cm³/mol. The molecule has 0 saturated heterocycles. The minimum Gasteiger partial charge on any atom is -0.481 e. The van der Waals surface area contributed by atoms with Crippen molar-refractivity contribution in [1.82, 2.24) is 4.98 Å². The van der Waals surface area contributed by atoms with E-state index in [-0.39, 0.29) is 6.54 Å². The zero-order valence-corrected chi connectivity index (χ0v) is 8.14. The number of hydrogen-bond acceptors (Lipinski definition) is 3. The van der Waals surface area contributed by atoms with Gasteiger partial charge in [-0.2, -0.15) is 13.2 Å². The molecule has 0 aliphatic carbocycles. The van der Waals surface area contributed by atoms with Crippen molar-refractivity contribution in [3.05, 3.63) is 18.3 Å². The molecule has 0 bridgehead atoms. The first-order valence-corrected chi connectivity index (χ1v) is 4.32. The van der Waals surface area contributed by atoms with Crippen molar-refractivity contribution in [1.29, 1.82) is 0 Å². The van der Waals surface area contributed by atoms with Crippen LogP contribution in [0, 0.1) is 0 Å². The molecule has 0 amide bonds. The normalized spacial score (nSPS) is 11.2. The maximum Gasteiger partial charge on any atom is 0.390 e. The van der Waals surface area contributed by atoms with Gasteiger partial charge >= 0.3 is 6.18 Å². The average molecular weight is 220 g/mol. The lowest BCUT2D eigenvalue weighted by Gasteiger charge is -2.09. The lowest BCUT2D eigenvalue weighted by atomic mass is 10.3. The second kappa shape index (κ2) is 4.86. The van der Waals surface area contributed by atoms with E-state index in [2.05, 4.69) is 10.3 Å². The summed E-state index contributed by atoms with van der Waals surface area (Å²) in [6.45, 7) is -0.156. The van der Waals surface area contributed by atoms with E-state index >= 15 is 0 Å². The molecular formula is C9H11F3N2O. The van der Waals surface area contributed by atoms with Crippen LogP contribution in [0.4, 0.5) is 18.9 Å². The maximum atomic E-state index is 11.8. The first kappa shape index (κ1) is 11.6. The van der Waals surface area contributed by atoms with Crippen molar-refractivity contribution < 1.29 is 17.9 Å². The van der Waals surface area contributed by atoms with Crippen LogP contribution in [-0.4, -0.2) is 24.8 Å². The molecule has 1 heterocycles. The van der Waals surface area contributed by atoms with E-state index in [4.69, 9.17) is 4.74 Å². The second-order valence-corrected chi connectivity index (χ2v) is 2.88. The quantitative estimate of drug-likeness (QED) is 0.846. The average Bonchev–Trinajstić information content (AvgIpc) is 2.16. The number of methoxy groups -OCH3 is 1. The van der Waals surface area contributed by atoms with Crippen LogP contribution in [0.3, 0.4) is 0 Å². The molecule has 0 spiro atoms. The maximum absolute atomic E-state index is 11.8. The van der Waals surface area contributed by atoms with Crippen molar-refractivity contribution in [2.45, 2.75) is 12.6 Å². The van der Waals surface area contributed by atoms with Crippen LogP contribution < -0.4 is 10.1 Å². The Bertz CT molecular complexity index is 314. The molecule has 0 unspecified atom stereocenters. The number of ether oxygens (including phenoxy) is 1. The predicted octanol–water partition coefficient (Wildman–Crippen LogP) is 2.45. The fraction of sp³-hybridized carbons (Fsp3) is 0.444. The summed E-state index contributed by atoms with van der Waals surface area (Å²) in [5, 5.41) is 2.64. The van der Waals surface area contributed by atoms with Gasteiger partial charge < -0.3 is 10.1 Å². The Morgan fingerprint density at radius 3 is 2.80 bits per heavy atom. The van der Waals surface area contributed by atoms with Crippen LogP contribution in [0.5, 0.6) is 5.88 Å². The number of alkyl halides is 3. The van der Waals surface area contributed by atoms with Crippen LogP contribution in [0.1, 0.15) is 6.42 Å². The van der Waals surface area contributed by atoms with Gasteiger partial charge in [0.1, 0.15) is 0 Å². The summed E-state index contributed by atoms with van der Waals surface area (Å²) >= 11 is 0. The highest BCUT2D eigenvalue weighted by molar-refractivity contribution is 5.44. The molecule has 1 aromatic rings. The Hall–Kier alpha value is -1.46. The number of anilines is 1. The van der Waals surface area contributed by atoms with E-state index in [1.165, 1.54) is 19.4 Å². The summed E-state index contributed by atoms with van der Waals surface area (Å²) < 4.78 is 40.3. The second-order valence-electron chi connectivity index (χ2n) is 2.88. The van der Waals surface area contributed by atoms with Gasteiger partial charge in [0.25, 0.3) is 0 Å². The molecule has 0 fully saturated rings. The Morgan fingerprint density at radius 1 is 1.47 bits per heavy atom. The van der Waals surface area contributed by atoms with Crippen LogP contribution in [0.2, 0.25) is 0 Å². The fourth-order valence-electron chi connectivity index (χ4n) is 0.980. The van der Waals surface area contributed by atoms with E-state index in [0.717, 1.165) is 0 Å². The summed E-state index contributed by atoms with van der Waals surface area (Å²) in [6, 6.07) is 3.12. The molecule has 0 aromatic carbocycles. The van der Waals surface area contributed by atoms with Crippen molar-refractivity contribution in [2.75, 3.05) is 19.0 Å². The van der Waals surface area contributed by atoms with Crippen LogP contribution in [0.25, 0.3) is 0 Å². The third-order valence-corrected chi connectivity index (χ3v) is 1.68. The van der Waals surface area contributed by atoms with Crippen molar-refractivity contribution in [3.8, 4) is 5.88 Å². The highest BCUT2D eigenvalue weighted by Gasteiger charge is 2.26. The molecule has 84 valence electrons. The molecule has 3 nitrogen and oxygen atoms in total. The SMILES string of the molecule is COc1cc(NCCC(F)(F)F)ccn1. The zero-order chi connectivity index (χ0) is 11.3. The van der Waals surface area contributed by atoms with Crippen LogP contribution >= 0.6 is 0 Å². The molecule has 0 atom stereocenters. The standard InChI is InChI=1S/C9H11F3N2O/c1-15-8-6-7(2-4-14-8)13-5-3-9(10,11)12/h2,4,6H,3,5H2,1H3,(H,13,14). The van der Waals surface area contributed by atoms with Crippen LogP contribution in [0.15, 0.2) is 18.3 Å². The molecule has 1 N–H and O–H groups in total. The molecule has 6 heteroatoms. The van der Waals surface area contributed by atoms with E-state index < -0.39 is 12.6 Å². The van der Waals surface area contributed by atoms with Gasteiger partial charge in [-0.05, 0) is 6.07 Å². The number of aromatic nitrogens is 1. The highest BCUT2D eigenvalue weighted by Crippen LogP contribution is 2.20. The number of nitrogens with zero attached hydrogens (tertiary/aromatic N) is 1. The van der Waals surface area contributed by atoms with E-state index in [1.54, 1.807) is 6.07 Å². The lowest BCUT2D eigenvalue weighted by Crippen LogP contribution is -2.14. The third-order valence-electron chi connectivity index (χ3n) is 1.68. The Kier molecular flexibility index (Phi) is 3.76. The van der Waals surface area contributed by atoms with Crippen LogP contribution in [-0.2, 0) is 0 Å². The minimum atomic E-state index is -4.13. The summed E-state index contributed by atoms with van der Waals surface area (Å²) in [5.74, 6) is 0.368. The van der Waals surface area contributed by atoms with Gasteiger partial charge in [0.15, 0.2) is 0 Å². The molecule has 0 saturated carbocycles. The van der Waals surface area contributed by atoms with E-state index in [1.807, 2.05) is 0 Å². The summed E-state index contributed by atoms with van der Waals surface area (Å²) in [5.41, 5.74) is 0.561. The molecule has 1 aromatic heterocycles. The van der Waals surface area contributed by atoms with Gasteiger partial charge in [-0.15, -0.1) is 0 Å². The number of nitrogens with one attached hydrogen (secondary N) is 1. The van der Waals surface area contributed by atoms with Crippen molar-refractivity contribution >= 4 is 5.69 Å². The summed E-state index contributed by atoms with van der Waals surface area (Å²) in [6.07, 6.45) is -3.53. The molecule has 15 heavy (non-hydrogen) atoms. The van der Waals surface area contributed by atoms with Crippen molar-refractivity contribution in [3.63, 3.8) is 0 Å². The van der Waals surface area contributed by atoms with Gasteiger partial charge in [0.05, 0.1) is 13.5 Å². The Morgan fingerprint density at radius 2 is 2.20 bits per heavy atom. The monoisotopic (exact) mass is 220 g/mol. The van der Waals surface area contributed by atoms with Crippen molar-refractivity contribution in [2.24, 2.45) is 0 Å². The zero-order valence-electron chi connectivity index (χ0n) is 8.14. The minimum absolute atomic E-state index is 0.156. The summed E-state index contributed by atoms with van der Waals surface area (Å²) in [7, 11) is 1.45. The Labute approximate surface area is 85.3 Å². The van der Waals surface area contributed by atoms with Gasteiger partial charge in [-0.1, -0.05) is 0 Å². The number of hydrogen-bond donors (Lipinski definition) is 1. The molecule has 0 radical (unpaired) electrons. The third kappa shape index (κ3) is 4.53. The van der Waals surface area contributed by atoms with E-state index in [9.17, 15) is 13.2 Å². The van der Waals surface area contributed by atoms with Gasteiger partial charge in [-0.25, -0.2) is 4.98 Å². The Balaban J connectivity index is 2.44. The lowest BCUT2D eigenvalue weighted by molar-refractivity contribution is -0.131. The topological polar surface area (TPSA) is 34.1 Å². The number of halogens is 3. The van der Waals surface area contributed by atoms with E-state index in [0.29, 0.717) is 11.6 Å². The molecule has 0 aliphatic heterocycles. The van der Waals surface area contributed by atoms with Gasteiger partial charge in [0.2, 0.25) is 5.88 Å². The van der Waals surface area contributed by atoms with Gasteiger partial charge in [0, 0.05) is 24.5 Å². The smallest absolute Gasteiger partial charge is 0.390 e. The molecular weight excluding hydrogens is 209 g/mol. The first-order valence-electron chi connectivity index (χ1n) is 4.32. The molecule has 0 aliphatic rings. The summed E-state index contributed by atoms with van der Waals surface area (Å²) in [4.78, 5) is 3.83. The number of pyridine rings is 1. The first-order chi connectivity index (χ1) is 7.01. The number of rotatable bonds is 4.